The van der Waals surface area contributed by atoms with Gasteiger partial charge in [0.25, 0.3) is 0 Å². The monoisotopic (exact) mass is 430 g/mol. The molecule has 0 saturated carbocycles. The molecule has 0 unspecified atom stereocenters. The van der Waals surface area contributed by atoms with E-state index in [-0.39, 0.29) is 12.8 Å². The summed E-state index contributed by atoms with van der Waals surface area (Å²) >= 11 is 0. The van der Waals surface area contributed by atoms with Crippen molar-refractivity contribution in [1.29, 1.82) is 0 Å². The number of phosphoric ester groups is 1. The number of unbranched alkanes of at least 4 members (excludes halogenated alkanes) is 15. The van der Waals surface area contributed by atoms with Crippen LogP contribution in [0.5, 0.6) is 0 Å². The third-order valence-electron chi connectivity index (χ3n) is 4.60. The second-order valence-electron chi connectivity index (χ2n) is 7.37. The van der Waals surface area contributed by atoms with Crippen LogP contribution >= 0.6 is 15.4 Å². The Kier molecular flexibility index (Phi) is 17.3. The van der Waals surface area contributed by atoms with Crippen molar-refractivity contribution < 1.29 is 33.2 Å². The van der Waals surface area contributed by atoms with Crippen molar-refractivity contribution in [3.63, 3.8) is 0 Å². The Morgan fingerprint density at radius 2 is 0.778 bits per heavy atom. The van der Waals surface area contributed by atoms with E-state index < -0.39 is 15.4 Å². The molecule has 0 aliphatic heterocycles. The summed E-state index contributed by atoms with van der Waals surface area (Å²) in [6.07, 6.45) is 17.9. The minimum absolute atomic E-state index is 0.0258. The molecule has 0 aromatic heterocycles. The molecule has 0 fully saturated rings. The SMILES string of the molecule is O=P(O)(O)CCCCCCCCCCCCCCCCCCOP(=O)(O)O. The van der Waals surface area contributed by atoms with E-state index in [0.29, 0.717) is 12.8 Å². The first-order chi connectivity index (χ1) is 12.7. The van der Waals surface area contributed by atoms with Crippen LogP contribution in [0.15, 0.2) is 0 Å². The number of hydrogen-bond acceptors (Lipinski definition) is 3. The maximum absolute atomic E-state index is 10.7. The Hall–Kier alpha value is 0.260. The van der Waals surface area contributed by atoms with E-state index in [4.69, 9.17) is 19.6 Å². The van der Waals surface area contributed by atoms with Gasteiger partial charge in [-0.2, -0.15) is 0 Å². The Balaban J connectivity index is 3.09. The van der Waals surface area contributed by atoms with Gasteiger partial charge in [-0.15, -0.1) is 0 Å². The van der Waals surface area contributed by atoms with Gasteiger partial charge in [0.2, 0.25) is 0 Å². The van der Waals surface area contributed by atoms with Gasteiger partial charge in [0.1, 0.15) is 0 Å². The van der Waals surface area contributed by atoms with Crippen molar-refractivity contribution in [1.82, 2.24) is 0 Å². The summed E-state index contributed by atoms with van der Waals surface area (Å²) in [5.41, 5.74) is 0. The Morgan fingerprint density at radius 1 is 0.481 bits per heavy atom. The highest BCUT2D eigenvalue weighted by Crippen LogP contribution is 2.36. The molecular formula is C18H40O7P2. The second-order valence-corrected chi connectivity index (χ2v) is 10.4. The Morgan fingerprint density at radius 3 is 1.07 bits per heavy atom. The summed E-state index contributed by atoms with van der Waals surface area (Å²) in [5, 5.41) is 0. The minimum Gasteiger partial charge on any atom is -0.324 e. The zero-order valence-electron chi connectivity index (χ0n) is 16.6. The van der Waals surface area contributed by atoms with Crippen molar-refractivity contribution >= 4 is 15.4 Å². The zero-order valence-corrected chi connectivity index (χ0v) is 18.4. The standard InChI is InChI=1S/C18H40O7P2/c19-26(20,21)18-16-14-12-10-8-6-4-2-1-3-5-7-9-11-13-15-17-25-27(22,23)24/h1-18H2,(H2,19,20,21)(H2,22,23,24). The van der Waals surface area contributed by atoms with Crippen molar-refractivity contribution in [2.24, 2.45) is 0 Å². The fourth-order valence-electron chi connectivity index (χ4n) is 3.08. The molecule has 0 aromatic rings. The van der Waals surface area contributed by atoms with Crippen LogP contribution in [-0.2, 0) is 13.7 Å². The van der Waals surface area contributed by atoms with Crippen molar-refractivity contribution in [3.8, 4) is 0 Å². The lowest BCUT2D eigenvalue weighted by Gasteiger charge is -2.05. The molecule has 0 aromatic carbocycles. The van der Waals surface area contributed by atoms with Crippen LogP contribution in [0.4, 0.5) is 0 Å². The van der Waals surface area contributed by atoms with Crippen LogP contribution in [0.3, 0.4) is 0 Å². The predicted octanol–water partition coefficient (Wildman–Crippen LogP) is 5.52. The topological polar surface area (TPSA) is 124 Å². The maximum atomic E-state index is 10.7. The third kappa shape index (κ3) is 26.3. The number of phosphoric acid groups is 1. The van der Waals surface area contributed by atoms with Gasteiger partial charge in [-0.25, -0.2) is 4.57 Å². The normalized spacial score (nSPS) is 12.6. The maximum Gasteiger partial charge on any atom is 0.469 e. The lowest BCUT2D eigenvalue weighted by atomic mass is 10.0. The third-order valence-corrected chi connectivity index (χ3v) is 6.02. The molecule has 0 rings (SSSR count). The van der Waals surface area contributed by atoms with Crippen LogP contribution in [0, 0.1) is 0 Å². The quantitative estimate of drug-likeness (QED) is 0.148. The van der Waals surface area contributed by atoms with Gasteiger partial charge in [-0.1, -0.05) is 89.9 Å². The first kappa shape index (κ1) is 27.3. The smallest absolute Gasteiger partial charge is 0.324 e. The van der Waals surface area contributed by atoms with Crippen LogP contribution in [0.25, 0.3) is 0 Å². The average molecular weight is 430 g/mol. The van der Waals surface area contributed by atoms with Gasteiger partial charge < -0.3 is 19.6 Å². The fourth-order valence-corrected chi connectivity index (χ4v) is 4.08. The fraction of sp³-hybridized carbons (Fsp3) is 1.00. The van der Waals surface area contributed by atoms with Crippen molar-refractivity contribution in [2.45, 2.75) is 103 Å². The van der Waals surface area contributed by atoms with E-state index in [9.17, 15) is 9.13 Å². The van der Waals surface area contributed by atoms with Gasteiger partial charge in [0.15, 0.2) is 0 Å². The van der Waals surface area contributed by atoms with E-state index in [1.54, 1.807) is 0 Å². The molecular weight excluding hydrogens is 390 g/mol. The van der Waals surface area contributed by atoms with Crippen LogP contribution in [0.2, 0.25) is 0 Å². The molecule has 27 heavy (non-hydrogen) atoms. The molecule has 0 saturated heterocycles. The van der Waals surface area contributed by atoms with Gasteiger partial charge in [-0.3, -0.25) is 9.09 Å². The van der Waals surface area contributed by atoms with E-state index in [0.717, 1.165) is 25.7 Å². The molecule has 0 radical (unpaired) electrons. The second kappa shape index (κ2) is 17.1. The predicted molar refractivity (Wildman–Crippen MR) is 109 cm³/mol. The Labute approximate surface area is 164 Å². The molecule has 164 valence electrons. The van der Waals surface area contributed by atoms with E-state index in [1.807, 2.05) is 0 Å². The molecule has 7 nitrogen and oxygen atoms in total. The highest BCUT2D eigenvalue weighted by Gasteiger charge is 2.12. The highest BCUT2D eigenvalue weighted by molar-refractivity contribution is 7.51. The van der Waals surface area contributed by atoms with Gasteiger partial charge in [0.05, 0.1) is 6.61 Å². The van der Waals surface area contributed by atoms with Crippen molar-refractivity contribution in [3.05, 3.63) is 0 Å². The average Bonchev–Trinajstić information content (AvgIpc) is 2.55. The molecule has 0 bridgehead atoms. The van der Waals surface area contributed by atoms with Crippen LogP contribution in [0.1, 0.15) is 103 Å². The molecule has 4 N–H and O–H groups in total. The molecule has 0 amide bonds. The minimum atomic E-state index is -4.29. The van der Waals surface area contributed by atoms with E-state index >= 15 is 0 Å². The molecule has 9 heteroatoms. The zero-order chi connectivity index (χ0) is 20.4. The molecule has 0 heterocycles. The molecule has 0 atom stereocenters. The highest BCUT2D eigenvalue weighted by atomic mass is 31.2. The first-order valence-electron chi connectivity index (χ1n) is 10.5. The van der Waals surface area contributed by atoms with Gasteiger partial charge >= 0.3 is 15.4 Å². The van der Waals surface area contributed by atoms with Crippen LogP contribution in [-0.4, -0.2) is 32.3 Å². The van der Waals surface area contributed by atoms with E-state index in [1.165, 1.54) is 64.2 Å². The van der Waals surface area contributed by atoms with Crippen LogP contribution < -0.4 is 0 Å². The molecule has 0 spiro atoms. The van der Waals surface area contributed by atoms with Crippen molar-refractivity contribution in [2.75, 3.05) is 12.8 Å². The first-order valence-corrected chi connectivity index (χ1v) is 13.8. The summed E-state index contributed by atoms with van der Waals surface area (Å²) in [4.78, 5) is 34.6. The largest absolute Gasteiger partial charge is 0.469 e. The molecule has 0 aliphatic rings. The van der Waals surface area contributed by atoms with Gasteiger partial charge in [-0.05, 0) is 12.8 Å². The molecule has 0 aliphatic carbocycles. The summed E-state index contributed by atoms with van der Waals surface area (Å²) in [6.45, 7) is 0.137. The summed E-state index contributed by atoms with van der Waals surface area (Å²) in [5.74, 6) is 0. The lowest BCUT2D eigenvalue weighted by Crippen LogP contribution is -1.92. The lowest BCUT2D eigenvalue weighted by molar-refractivity contribution is 0.193. The van der Waals surface area contributed by atoms with Gasteiger partial charge in [0, 0.05) is 6.16 Å². The summed E-state index contributed by atoms with van der Waals surface area (Å²) in [6, 6.07) is 0. The Bertz CT molecular complexity index is 382. The summed E-state index contributed by atoms with van der Waals surface area (Å²) in [7, 11) is -8.08. The van der Waals surface area contributed by atoms with E-state index in [2.05, 4.69) is 4.52 Å². The number of rotatable bonds is 20. The number of hydrogen-bond donors (Lipinski definition) is 4. The summed E-state index contributed by atoms with van der Waals surface area (Å²) < 4.78 is 25.6.